The van der Waals surface area contributed by atoms with Gasteiger partial charge in [-0.1, -0.05) is 6.07 Å². The van der Waals surface area contributed by atoms with Crippen LogP contribution >= 0.6 is 0 Å². The predicted molar refractivity (Wildman–Crippen MR) is 90.0 cm³/mol. The summed E-state index contributed by atoms with van der Waals surface area (Å²) in [6, 6.07) is 8.25. The van der Waals surface area contributed by atoms with Crippen molar-refractivity contribution >= 4 is 11.9 Å². The van der Waals surface area contributed by atoms with Crippen LogP contribution in [0.2, 0.25) is 0 Å². The molecule has 0 aliphatic rings. The highest BCUT2D eigenvalue weighted by Gasteiger charge is 2.14. The van der Waals surface area contributed by atoms with E-state index in [9.17, 15) is 9.59 Å². The fraction of sp³-hybridized carbons (Fsp3) is 0.333. The third-order valence-corrected chi connectivity index (χ3v) is 3.48. The first kappa shape index (κ1) is 18.5. The Morgan fingerprint density at radius 3 is 2.72 bits per heavy atom. The molecule has 7 nitrogen and oxygen atoms in total. The summed E-state index contributed by atoms with van der Waals surface area (Å²) in [5, 5.41) is 11.7. The standard InChI is InChI=1S/C18H21NO6/c1-12-16(18(21)22)10-15(25-12)11-19-17(20)13-5-3-6-14(9-13)24-8-4-7-23-2/h3,5-6,9-10H,4,7-8,11H2,1-2H3,(H,19,20)(H,21,22). The SMILES string of the molecule is COCCCOc1cccc(C(=O)NCc2cc(C(=O)O)c(C)o2)c1. The monoisotopic (exact) mass is 347 g/mol. The van der Waals surface area contributed by atoms with Gasteiger partial charge in [-0.05, 0) is 31.2 Å². The third-order valence-electron chi connectivity index (χ3n) is 3.48. The average molecular weight is 347 g/mol. The van der Waals surface area contributed by atoms with Crippen LogP contribution in [0.15, 0.2) is 34.7 Å². The van der Waals surface area contributed by atoms with E-state index < -0.39 is 5.97 Å². The van der Waals surface area contributed by atoms with E-state index in [1.54, 1.807) is 38.3 Å². The lowest BCUT2D eigenvalue weighted by Crippen LogP contribution is -2.22. The molecule has 7 heteroatoms. The number of nitrogens with one attached hydrogen (secondary N) is 1. The zero-order valence-electron chi connectivity index (χ0n) is 14.2. The lowest BCUT2D eigenvalue weighted by atomic mass is 10.2. The molecule has 25 heavy (non-hydrogen) atoms. The number of hydrogen-bond acceptors (Lipinski definition) is 5. The van der Waals surface area contributed by atoms with Crippen molar-refractivity contribution in [2.45, 2.75) is 19.9 Å². The predicted octanol–water partition coefficient (Wildman–Crippen LogP) is 2.63. The third kappa shape index (κ3) is 5.36. The number of carbonyl (C=O) groups excluding carboxylic acids is 1. The van der Waals surface area contributed by atoms with Gasteiger partial charge in [-0.15, -0.1) is 0 Å². The van der Waals surface area contributed by atoms with E-state index in [-0.39, 0.29) is 18.0 Å². The zero-order valence-corrected chi connectivity index (χ0v) is 14.2. The van der Waals surface area contributed by atoms with Gasteiger partial charge in [-0.3, -0.25) is 4.79 Å². The molecular formula is C18H21NO6. The number of aromatic carboxylic acids is 1. The molecule has 0 aliphatic heterocycles. The van der Waals surface area contributed by atoms with Crippen LogP contribution in [-0.2, 0) is 11.3 Å². The average Bonchev–Trinajstić information content (AvgIpc) is 2.98. The molecule has 1 aromatic heterocycles. The summed E-state index contributed by atoms with van der Waals surface area (Å²) in [5.74, 6) is -0.0606. The van der Waals surface area contributed by atoms with Gasteiger partial charge in [0.2, 0.25) is 0 Å². The Kier molecular flexibility index (Phi) is 6.59. The van der Waals surface area contributed by atoms with Crippen LogP contribution in [0, 0.1) is 6.92 Å². The Balaban J connectivity index is 1.92. The van der Waals surface area contributed by atoms with E-state index in [4.69, 9.17) is 19.0 Å². The summed E-state index contributed by atoms with van der Waals surface area (Å²) in [4.78, 5) is 23.2. The van der Waals surface area contributed by atoms with Gasteiger partial charge in [0.25, 0.3) is 5.91 Å². The molecule has 2 rings (SSSR count). The molecule has 1 aromatic carbocycles. The van der Waals surface area contributed by atoms with Crippen LogP contribution in [0.5, 0.6) is 5.75 Å². The number of hydrogen-bond donors (Lipinski definition) is 2. The van der Waals surface area contributed by atoms with Crippen molar-refractivity contribution in [2.75, 3.05) is 20.3 Å². The Morgan fingerprint density at radius 1 is 1.24 bits per heavy atom. The summed E-state index contributed by atoms with van der Waals surface area (Å²) in [5.41, 5.74) is 0.543. The largest absolute Gasteiger partial charge is 0.493 e. The van der Waals surface area contributed by atoms with Gasteiger partial charge in [0.1, 0.15) is 22.8 Å². The van der Waals surface area contributed by atoms with E-state index in [0.29, 0.717) is 36.0 Å². The van der Waals surface area contributed by atoms with Gasteiger partial charge in [0.15, 0.2) is 0 Å². The highest BCUT2D eigenvalue weighted by molar-refractivity contribution is 5.94. The second-order valence-electron chi connectivity index (χ2n) is 5.39. The summed E-state index contributed by atoms with van der Waals surface area (Å²) >= 11 is 0. The molecule has 2 aromatic rings. The highest BCUT2D eigenvalue weighted by Crippen LogP contribution is 2.16. The summed E-state index contributed by atoms with van der Waals surface area (Å²) < 4.78 is 15.8. The van der Waals surface area contributed by atoms with Crippen molar-refractivity contribution in [2.24, 2.45) is 0 Å². The van der Waals surface area contributed by atoms with E-state index in [1.165, 1.54) is 6.07 Å². The molecule has 0 spiro atoms. The summed E-state index contributed by atoms with van der Waals surface area (Å²) in [7, 11) is 1.63. The number of carboxylic acids is 1. The first-order valence-electron chi connectivity index (χ1n) is 7.84. The number of ether oxygens (including phenoxy) is 2. The molecule has 0 aliphatic carbocycles. The smallest absolute Gasteiger partial charge is 0.339 e. The van der Waals surface area contributed by atoms with Gasteiger partial charge < -0.3 is 24.3 Å². The number of aryl methyl sites for hydroxylation is 1. The highest BCUT2D eigenvalue weighted by atomic mass is 16.5. The Morgan fingerprint density at radius 2 is 2.04 bits per heavy atom. The molecule has 0 radical (unpaired) electrons. The van der Waals surface area contributed by atoms with Crippen LogP contribution in [0.1, 0.15) is 38.7 Å². The van der Waals surface area contributed by atoms with Gasteiger partial charge in [0.05, 0.1) is 13.2 Å². The minimum absolute atomic E-state index is 0.0932. The maximum Gasteiger partial charge on any atom is 0.339 e. The van der Waals surface area contributed by atoms with Crippen molar-refractivity contribution < 1.29 is 28.6 Å². The second-order valence-corrected chi connectivity index (χ2v) is 5.39. The number of methoxy groups -OCH3 is 1. The Bertz CT molecular complexity index is 737. The van der Waals surface area contributed by atoms with Crippen molar-refractivity contribution in [3.8, 4) is 5.75 Å². The van der Waals surface area contributed by atoms with Crippen molar-refractivity contribution in [1.82, 2.24) is 5.32 Å². The fourth-order valence-electron chi connectivity index (χ4n) is 2.23. The molecule has 0 unspecified atom stereocenters. The first-order valence-corrected chi connectivity index (χ1v) is 7.84. The molecule has 2 N–H and O–H groups in total. The number of furan rings is 1. The maximum atomic E-state index is 12.2. The normalized spacial score (nSPS) is 10.5. The number of rotatable bonds is 9. The molecule has 0 saturated carbocycles. The number of carbonyl (C=O) groups is 2. The first-order chi connectivity index (χ1) is 12.0. The molecule has 134 valence electrons. The van der Waals surface area contributed by atoms with Gasteiger partial charge in [0, 0.05) is 25.7 Å². The molecule has 0 saturated heterocycles. The summed E-state index contributed by atoms with van der Waals surface area (Å²) in [6.07, 6.45) is 0.761. The number of benzene rings is 1. The van der Waals surface area contributed by atoms with Crippen LogP contribution < -0.4 is 10.1 Å². The maximum absolute atomic E-state index is 12.2. The lowest BCUT2D eigenvalue weighted by Gasteiger charge is -2.08. The molecule has 0 atom stereocenters. The Labute approximate surface area is 145 Å². The molecule has 0 bridgehead atoms. The van der Waals surface area contributed by atoms with E-state index in [0.717, 1.165) is 6.42 Å². The fourth-order valence-corrected chi connectivity index (χ4v) is 2.23. The van der Waals surface area contributed by atoms with Gasteiger partial charge in [-0.2, -0.15) is 0 Å². The molecule has 1 amide bonds. The number of amides is 1. The van der Waals surface area contributed by atoms with E-state index in [2.05, 4.69) is 5.32 Å². The summed E-state index contributed by atoms with van der Waals surface area (Å²) in [6.45, 7) is 2.79. The van der Waals surface area contributed by atoms with Crippen molar-refractivity contribution in [3.63, 3.8) is 0 Å². The van der Waals surface area contributed by atoms with Gasteiger partial charge >= 0.3 is 5.97 Å². The van der Waals surface area contributed by atoms with Crippen LogP contribution in [-0.4, -0.2) is 37.3 Å². The lowest BCUT2D eigenvalue weighted by molar-refractivity contribution is 0.0694. The van der Waals surface area contributed by atoms with E-state index in [1.807, 2.05) is 0 Å². The quantitative estimate of drug-likeness (QED) is 0.677. The van der Waals surface area contributed by atoms with Crippen molar-refractivity contribution in [1.29, 1.82) is 0 Å². The molecule has 1 heterocycles. The van der Waals surface area contributed by atoms with Crippen LogP contribution in [0.25, 0.3) is 0 Å². The Hall–Kier alpha value is -2.80. The minimum atomic E-state index is -1.06. The minimum Gasteiger partial charge on any atom is -0.493 e. The van der Waals surface area contributed by atoms with Gasteiger partial charge in [-0.25, -0.2) is 4.79 Å². The zero-order chi connectivity index (χ0) is 18.2. The van der Waals surface area contributed by atoms with E-state index >= 15 is 0 Å². The number of carboxylic acid groups (broad SMARTS) is 1. The second kappa shape index (κ2) is 8.89. The van der Waals surface area contributed by atoms with Crippen LogP contribution in [0.4, 0.5) is 0 Å². The topological polar surface area (TPSA) is 98.0 Å². The molecule has 0 fully saturated rings. The van der Waals surface area contributed by atoms with Crippen LogP contribution in [0.3, 0.4) is 0 Å². The van der Waals surface area contributed by atoms with Crippen molar-refractivity contribution in [3.05, 3.63) is 53.0 Å². The molecular weight excluding hydrogens is 326 g/mol.